The van der Waals surface area contributed by atoms with Crippen molar-refractivity contribution in [1.82, 2.24) is 9.78 Å². The summed E-state index contributed by atoms with van der Waals surface area (Å²) in [6.45, 7) is 0.0978. The number of aromatic nitrogens is 2. The van der Waals surface area contributed by atoms with Gasteiger partial charge in [0, 0.05) is 19.3 Å². The highest BCUT2D eigenvalue weighted by atomic mass is 35.5. The summed E-state index contributed by atoms with van der Waals surface area (Å²) in [7, 11) is -2.29. The molecule has 1 heterocycles. The van der Waals surface area contributed by atoms with Crippen LogP contribution >= 0.6 is 11.6 Å². The molecular weight excluding hydrogens is 314 g/mol. The van der Waals surface area contributed by atoms with Gasteiger partial charge in [-0.2, -0.15) is 13.5 Å². The van der Waals surface area contributed by atoms with Gasteiger partial charge in [0.05, 0.1) is 11.2 Å². The molecule has 0 saturated carbocycles. The van der Waals surface area contributed by atoms with E-state index in [0.717, 1.165) is 5.56 Å². The molecule has 0 spiro atoms. The van der Waals surface area contributed by atoms with Gasteiger partial charge in [-0.1, -0.05) is 23.7 Å². The number of aliphatic hydroxyl groups excluding tert-OH is 1. The molecule has 6 nitrogen and oxygen atoms in total. The van der Waals surface area contributed by atoms with Crippen molar-refractivity contribution in [3.63, 3.8) is 0 Å². The number of nitrogens with one attached hydrogen (secondary N) is 1. The van der Waals surface area contributed by atoms with Crippen molar-refractivity contribution in [2.24, 2.45) is 7.05 Å². The third-order valence-corrected chi connectivity index (χ3v) is 4.79. The van der Waals surface area contributed by atoms with E-state index in [1.165, 1.54) is 17.9 Å². The zero-order chi connectivity index (χ0) is 15.5. The first-order valence-electron chi connectivity index (χ1n) is 6.34. The molecule has 0 atom stereocenters. The van der Waals surface area contributed by atoms with Gasteiger partial charge in [0.2, 0.25) is 0 Å². The highest BCUT2D eigenvalue weighted by molar-refractivity contribution is 7.92. The summed E-state index contributed by atoms with van der Waals surface area (Å²) in [4.78, 5) is 0. The van der Waals surface area contributed by atoms with E-state index in [4.69, 9.17) is 16.7 Å². The van der Waals surface area contributed by atoms with Crippen LogP contribution in [0.1, 0.15) is 12.0 Å². The predicted octanol–water partition coefficient (Wildman–Crippen LogP) is 1.80. The van der Waals surface area contributed by atoms with Crippen LogP contribution in [0.2, 0.25) is 5.02 Å². The molecule has 0 fully saturated rings. The number of benzene rings is 1. The van der Waals surface area contributed by atoms with Crippen molar-refractivity contribution >= 4 is 27.3 Å². The zero-order valence-electron chi connectivity index (χ0n) is 11.5. The molecule has 0 unspecified atom stereocenters. The number of hydrogen-bond donors (Lipinski definition) is 2. The molecule has 0 aliphatic rings. The van der Waals surface area contributed by atoms with Crippen LogP contribution in [-0.2, 0) is 23.5 Å². The topological polar surface area (TPSA) is 84.2 Å². The van der Waals surface area contributed by atoms with Crippen molar-refractivity contribution in [2.75, 3.05) is 11.3 Å². The first kappa shape index (κ1) is 15.8. The molecule has 2 rings (SSSR count). The van der Waals surface area contributed by atoms with E-state index in [9.17, 15) is 8.42 Å². The van der Waals surface area contributed by atoms with Gasteiger partial charge in [0.25, 0.3) is 10.0 Å². The van der Waals surface area contributed by atoms with Crippen molar-refractivity contribution in [3.05, 3.63) is 41.0 Å². The zero-order valence-corrected chi connectivity index (χ0v) is 13.0. The largest absolute Gasteiger partial charge is 0.396 e. The fourth-order valence-corrected chi connectivity index (χ4v) is 3.69. The molecular formula is C13H16ClN3O3S. The molecule has 8 heteroatoms. The van der Waals surface area contributed by atoms with Gasteiger partial charge in [-0.15, -0.1) is 0 Å². The first-order chi connectivity index (χ1) is 9.94. The van der Waals surface area contributed by atoms with E-state index in [1.807, 2.05) is 6.07 Å². The Labute approximate surface area is 128 Å². The van der Waals surface area contributed by atoms with Gasteiger partial charge in [0.15, 0.2) is 5.03 Å². The van der Waals surface area contributed by atoms with Crippen LogP contribution in [0, 0.1) is 0 Å². The smallest absolute Gasteiger partial charge is 0.280 e. The quantitative estimate of drug-likeness (QED) is 0.846. The maximum absolute atomic E-state index is 12.3. The lowest BCUT2D eigenvalue weighted by atomic mass is 10.1. The molecule has 0 bridgehead atoms. The van der Waals surface area contributed by atoms with Crippen LogP contribution in [0.3, 0.4) is 0 Å². The highest BCUT2D eigenvalue weighted by Gasteiger charge is 2.22. The summed E-state index contributed by atoms with van der Waals surface area (Å²) in [6.07, 6.45) is 2.59. The van der Waals surface area contributed by atoms with Crippen LogP contribution in [0.5, 0.6) is 0 Å². The summed E-state index contributed by atoms with van der Waals surface area (Å²) in [6, 6.07) is 7.03. The minimum absolute atomic E-state index is 0.0708. The summed E-state index contributed by atoms with van der Waals surface area (Å²) in [5.41, 5.74) is 1.39. The number of anilines is 1. The molecule has 0 radical (unpaired) electrons. The third kappa shape index (κ3) is 3.75. The van der Waals surface area contributed by atoms with Crippen molar-refractivity contribution in [1.29, 1.82) is 0 Å². The molecule has 114 valence electrons. The Morgan fingerprint density at radius 1 is 1.43 bits per heavy atom. The molecule has 2 aromatic rings. The fraction of sp³-hybridized carbons (Fsp3) is 0.308. The fourth-order valence-electron chi connectivity index (χ4n) is 1.98. The highest BCUT2D eigenvalue weighted by Crippen LogP contribution is 2.23. The average Bonchev–Trinajstić information content (AvgIpc) is 2.76. The van der Waals surface area contributed by atoms with Gasteiger partial charge in [-0.3, -0.25) is 9.40 Å². The number of aryl methyl sites for hydroxylation is 2. The van der Waals surface area contributed by atoms with E-state index >= 15 is 0 Å². The normalized spacial score (nSPS) is 11.6. The van der Waals surface area contributed by atoms with E-state index in [2.05, 4.69) is 9.82 Å². The number of halogens is 1. The lowest BCUT2D eigenvalue weighted by Gasteiger charge is -2.10. The minimum Gasteiger partial charge on any atom is -0.396 e. The molecule has 2 N–H and O–H groups in total. The maximum atomic E-state index is 12.3. The Kier molecular flexibility index (Phi) is 4.87. The number of rotatable bonds is 6. The van der Waals surface area contributed by atoms with Crippen molar-refractivity contribution < 1.29 is 13.5 Å². The van der Waals surface area contributed by atoms with Gasteiger partial charge < -0.3 is 5.11 Å². The van der Waals surface area contributed by atoms with Crippen LogP contribution in [0.25, 0.3) is 0 Å². The third-order valence-electron chi connectivity index (χ3n) is 2.90. The number of nitrogens with zero attached hydrogens (tertiary/aromatic N) is 2. The van der Waals surface area contributed by atoms with E-state index < -0.39 is 10.0 Å². The SMILES string of the molecule is Cn1ncc(Cl)c1S(=O)(=O)Nc1cccc(CCCO)c1. The summed E-state index contributed by atoms with van der Waals surface area (Å²) in [5.74, 6) is 0. The second-order valence-corrected chi connectivity index (χ2v) is 6.56. The summed E-state index contributed by atoms with van der Waals surface area (Å²) in [5, 5.41) is 12.6. The van der Waals surface area contributed by atoms with Crippen LogP contribution in [0.4, 0.5) is 5.69 Å². The van der Waals surface area contributed by atoms with E-state index in [0.29, 0.717) is 18.5 Å². The first-order valence-corrected chi connectivity index (χ1v) is 8.20. The van der Waals surface area contributed by atoms with E-state index in [1.54, 1.807) is 18.2 Å². The molecule has 0 saturated heterocycles. The number of hydrogen-bond acceptors (Lipinski definition) is 4. The lowest BCUT2D eigenvalue weighted by molar-refractivity contribution is 0.288. The van der Waals surface area contributed by atoms with Gasteiger partial charge in [0.1, 0.15) is 0 Å². The number of aliphatic hydroxyl groups is 1. The Hall–Kier alpha value is -1.57. The van der Waals surface area contributed by atoms with Gasteiger partial charge >= 0.3 is 0 Å². The van der Waals surface area contributed by atoms with E-state index in [-0.39, 0.29) is 16.7 Å². The van der Waals surface area contributed by atoms with Crippen LogP contribution < -0.4 is 4.72 Å². The van der Waals surface area contributed by atoms with Crippen molar-refractivity contribution in [3.8, 4) is 0 Å². The predicted molar refractivity (Wildman–Crippen MR) is 80.9 cm³/mol. The van der Waals surface area contributed by atoms with Crippen molar-refractivity contribution in [2.45, 2.75) is 17.9 Å². The summed E-state index contributed by atoms with van der Waals surface area (Å²) < 4.78 is 28.4. The van der Waals surface area contributed by atoms with Crippen LogP contribution in [0.15, 0.2) is 35.5 Å². The molecule has 0 aliphatic carbocycles. The average molecular weight is 330 g/mol. The summed E-state index contributed by atoms with van der Waals surface area (Å²) >= 11 is 5.87. The van der Waals surface area contributed by atoms with Gasteiger partial charge in [-0.05, 0) is 30.5 Å². The molecule has 1 aromatic carbocycles. The Morgan fingerprint density at radius 3 is 2.81 bits per heavy atom. The monoisotopic (exact) mass is 329 g/mol. The minimum atomic E-state index is -3.80. The standard InChI is InChI=1S/C13H16ClN3O3S/c1-17-13(12(14)9-15-17)21(19,20)16-11-6-2-4-10(8-11)5-3-7-18/h2,4,6,8-9,16,18H,3,5,7H2,1H3. The molecule has 0 aliphatic heterocycles. The second-order valence-electron chi connectivity index (χ2n) is 4.55. The number of sulfonamides is 1. The molecule has 0 amide bonds. The van der Waals surface area contributed by atoms with Crippen LogP contribution in [-0.4, -0.2) is 29.9 Å². The van der Waals surface area contributed by atoms with Gasteiger partial charge in [-0.25, -0.2) is 0 Å². The maximum Gasteiger partial charge on any atom is 0.280 e. The molecule has 21 heavy (non-hydrogen) atoms. The Balaban J connectivity index is 2.25. The molecule has 1 aromatic heterocycles. The Morgan fingerprint density at radius 2 is 2.19 bits per heavy atom. The second kappa shape index (κ2) is 6.46. The lowest BCUT2D eigenvalue weighted by Crippen LogP contribution is -2.17. The Bertz CT molecular complexity index is 709.